The van der Waals surface area contributed by atoms with Gasteiger partial charge in [0.15, 0.2) is 0 Å². The molecule has 0 bridgehead atoms. The zero-order chi connectivity index (χ0) is 16.8. The van der Waals surface area contributed by atoms with Gasteiger partial charge in [-0.1, -0.05) is 12.1 Å². The van der Waals surface area contributed by atoms with Crippen LogP contribution in [-0.2, 0) is 19.7 Å². The number of aliphatic hydroxyl groups excluding tert-OH is 1. The van der Waals surface area contributed by atoms with Crippen molar-refractivity contribution < 1.29 is 9.50 Å². The van der Waals surface area contributed by atoms with Gasteiger partial charge in [-0.2, -0.15) is 0 Å². The van der Waals surface area contributed by atoms with Crippen LogP contribution in [0.3, 0.4) is 0 Å². The number of benzene rings is 1. The molecule has 3 rings (SSSR count). The molecule has 1 aromatic heterocycles. The van der Waals surface area contributed by atoms with Gasteiger partial charge in [0.1, 0.15) is 5.82 Å². The third kappa shape index (κ3) is 4.60. The summed E-state index contributed by atoms with van der Waals surface area (Å²) in [7, 11) is 0. The molecule has 128 valence electrons. The van der Waals surface area contributed by atoms with E-state index in [2.05, 4.69) is 21.3 Å². The Morgan fingerprint density at radius 1 is 1.21 bits per heavy atom. The summed E-state index contributed by atoms with van der Waals surface area (Å²) in [5.74, 6) is -0.343. The first-order chi connectivity index (χ1) is 11.7. The van der Waals surface area contributed by atoms with Gasteiger partial charge in [0.05, 0.1) is 6.61 Å². The molecule has 2 N–H and O–H groups in total. The van der Waals surface area contributed by atoms with Crippen LogP contribution in [0.2, 0.25) is 0 Å². The number of aromatic nitrogens is 1. The first-order valence-electron chi connectivity index (χ1n) is 8.47. The Morgan fingerprint density at radius 3 is 2.75 bits per heavy atom. The van der Waals surface area contributed by atoms with Crippen molar-refractivity contribution in [3.63, 3.8) is 0 Å². The maximum Gasteiger partial charge on any atom is 0.128 e. The summed E-state index contributed by atoms with van der Waals surface area (Å²) >= 11 is 0. The summed E-state index contributed by atoms with van der Waals surface area (Å²) in [5, 5.41) is 12.7. The molecule has 0 unspecified atom stereocenters. The van der Waals surface area contributed by atoms with Crippen LogP contribution in [0.25, 0.3) is 0 Å². The van der Waals surface area contributed by atoms with Gasteiger partial charge in [0, 0.05) is 37.1 Å². The Kier molecular flexibility index (Phi) is 5.91. The molecule has 1 fully saturated rings. The Labute approximate surface area is 142 Å². The highest BCUT2D eigenvalue weighted by Gasteiger charge is 2.18. The Balaban J connectivity index is 1.44. The number of rotatable bonds is 6. The average molecular weight is 329 g/mol. The van der Waals surface area contributed by atoms with E-state index < -0.39 is 0 Å². The molecule has 0 radical (unpaired) electrons. The zero-order valence-corrected chi connectivity index (χ0v) is 13.8. The Bertz CT molecular complexity index is 642. The maximum atomic E-state index is 13.4. The van der Waals surface area contributed by atoms with E-state index in [-0.39, 0.29) is 12.4 Å². The number of piperidine rings is 1. The minimum atomic E-state index is -0.343. The predicted octanol–water partition coefficient (Wildman–Crippen LogP) is 2.47. The summed E-state index contributed by atoms with van der Waals surface area (Å²) < 4.78 is 13.4. The molecular formula is C19H24FN3O. The lowest BCUT2D eigenvalue weighted by molar-refractivity contribution is 0.190. The molecule has 0 saturated carbocycles. The SMILES string of the molecule is OCc1cc(CNC2CCN(Cc3cccnc3)CC2)ccc1F. The summed E-state index contributed by atoms with van der Waals surface area (Å²) in [5.41, 5.74) is 2.63. The number of nitrogens with zero attached hydrogens (tertiary/aromatic N) is 2. The van der Waals surface area contributed by atoms with Gasteiger partial charge in [0.2, 0.25) is 0 Å². The van der Waals surface area contributed by atoms with Gasteiger partial charge in [-0.25, -0.2) is 4.39 Å². The maximum absolute atomic E-state index is 13.4. The van der Waals surface area contributed by atoms with Gasteiger partial charge < -0.3 is 10.4 Å². The van der Waals surface area contributed by atoms with Crippen LogP contribution in [-0.4, -0.2) is 34.1 Å². The van der Waals surface area contributed by atoms with E-state index in [1.807, 2.05) is 12.3 Å². The second-order valence-corrected chi connectivity index (χ2v) is 6.38. The topological polar surface area (TPSA) is 48.4 Å². The van der Waals surface area contributed by atoms with E-state index in [0.29, 0.717) is 18.2 Å². The normalized spacial score (nSPS) is 16.4. The number of hydrogen-bond acceptors (Lipinski definition) is 4. The molecule has 0 atom stereocenters. The first kappa shape index (κ1) is 17.0. The van der Waals surface area contributed by atoms with Gasteiger partial charge in [-0.05, 0) is 55.3 Å². The summed E-state index contributed by atoms with van der Waals surface area (Å²) in [4.78, 5) is 6.62. The van der Waals surface area contributed by atoms with E-state index >= 15 is 0 Å². The summed E-state index contributed by atoms with van der Waals surface area (Å²) in [6.07, 6.45) is 5.94. The van der Waals surface area contributed by atoms with Gasteiger partial charge in [-0.15, -0.1) is 0 Å². The van der Waals surface area contributed by atoms with Crippen molar-refractivity contribution in [2.45, 2.75) is 38.6 Å². The molecule has 1 aliphatic rings. The van der Waals surface area contributed by atoms with Crippen LogP contribution < -0.4 is 5.32 Å². The molecule has 4 nitrogen and oxygen atoms in total. The molecular weight excluding hydrogens is 305 g/mol. The molecule has 24 heavy (non-hydrogen) atoms. The molecule has 2 heterocycles. The van der Waals surface area contributed by atoms with E-state index in [1.165, 1.54) is 11.6 Å². The van der Waals surface area contributed by atoms with Crippen molar-refractivity contribution >= 4 is 0 Å². The second-order valence-electron chi connectivity index (χ2n) is 6.38. The largest absolute Gasteiger partial charge is 0.392 e. The van der Waals surface area contributed by atoms with Crippen LogP contribution in [0.1, 0.15) is 29.5 Å². The zero-order valence-electron chi connectivity index (χ0n) is 13.8. The lowest BCUT2D eigenvalue weighted by Gasteiger charge is -2.32. The number of hydrogen-bond donors (Lipinski definition) is 2. The van der Waals surface area contributed by atoms with E-state index in [9.17, 15) is 4.39 Å². The number of halogens is 1. The van der Waals surface area contributed by atoms with E-state index in [1.54, 1.807) is 18.3 Å². The third-order valence-electron chi connectivity index (χ3n) is 4.59. The number of likely N-dealkylation sites (tertiary alicyclic amines) is 1. The van der Waals surface area contributed by atoms with Crippen molar-refractivity contribution in [2.24, 2.45) is 0 Å². The molecule has 1 saturated heterocycles. The van der Waals surface area contributed by atoms with Crippen molar-refractivity contribution in [3.05, 3.63) is 65.2 Å². The third-order valence-corrected chi connectivity index (χ3v) is 4.59. The summed E-state index contributed by atoms with van der Waals surface area (Å²) in [6.45, 7) is 3.54. The first-order valence-corrected chi connectivity index (χ1v) is 8.47. The fraction of sp³-hybridized carbons (Fsp3) is 0.421. The van der Waals surface area contributed by atoms with Crippen molar-refractivity contribution in [1.29, 1.82) is 0 Å². The smallest absolute Gasteiger partial charge is 0.128 e. The monoisotopic (exact) mass is 329 g/mol. The van der Waals surface area contributed by atoms with Gasteiger partial charge >= 0.3 is 0 Å². The number of pyridine rings is 1. The fourth-order valence-electron chi connectivity index (χ4n) is 3.17. The molecule has 5 heteroatoms. The van der Waals surface area contributed by atoms with Crippen LogP contribution in [0.4, 0.5) is 4.39 Å². The Morgan fingerprint density at radius 2 is 2.04 bits per heavy atom. The lowest BCUT2D eigenvalue weighted by Crippen LogP contribution is -2.41. The minimum Gasteiger partial charge on any atom is -0.392 e. The molecule has 0 aliphatic carbocycles. The van der Waals surface area contributed by atoms with Gasteiger partial charge in [0.25, 0.3) is 0 Å². The number of nitrogens with one attached hydrogen (secondary N) is 1. The lowest BCUT2D eigenvalue weighted by atomic mass is 10.0. The molecule has 2 aromatic rings. The molecule has 0 spiro atoms. The van der Waals surface area contributed by atoms with Crippen LogP contribution in [0.5, 0.6) is 0 Å². The van der Waals surface area contributed by atoms with Crippen molar-refractivity contribution in [3.8, 4) is 0 Å². The highest BCUT2D eigenvalue weighted by Crippen LogP contribution is 2.15. The standard InChI is InChI=1S/C19H24FN3O/c20-19-4-3-15(10-17(19)14-24)12-22-18-5-8-23(9-6-18)13-16-2-1-7-21-11-16/h1-4,7,10-11,18,22,24H,5-6,8-9,12-14H2. The van der Waals surface area contributed by atoms with Crippen LogP contribution >= 0.6 is 0 Å². The molecule has 1 aromatic carbocycles. The second kappa shape index (κ2) is 8.33. The molecule has 1 aliphatic heterocycles. The van der Waals surface area contributed by atoms with Crippen LogP contribution in [0, 0.1) is 5.82 Å². The minimum absolute atomic E-state index is 0.258. The van der Waals surface area contributed by atoms with Crippen molar-refractivity contribution in [1.82, 2.24) is 15.2 Å². The average Bonchev–Trinajstić information content (AvgIpc) is 2.63. The van der Waals surface area contributed by atoms with E-state index in [4.69, 9.17) is 5.11 Å². The molecule has 0 amide bonds. The highest BCUT2D eigenvalue weighted by atomic mass is 19.1. The predicted molar refractivity (Wildman–Crippen MR) is 91.7 cm³/mol. The van der Waals surface area contributed by atoms with E-state index in [0.717, 1.165) is 38.0 Å². The quantitative estimate of drug-likeness (QED) is 0.855. The Hall–Kier alpha value is -1.82. The highest BCUT2D eigenvalue weighted by molar-refractivity contribution is 5.24. The van der Waals surface area contributed by atoms with Crippen molar-refractivity contribution in [2.75, 3.05) is 13.1 Å². The number of aliphatic hydroxyl groups is 1. The van der Waals surface area contributed by atoms with Crippen LogP contribution in [0.15, 0.2) is 42.7 Å². The summed E-state index contributed by atoms with van der Waals surface area (Å²) in [6, 6.07) is 9.52. The van der Waals surface area contributed by atoms with Gasteiger partial charge in [-0.3, -0.25) is 9.88 Å². The fourth-order valence-corrected chi connectivity index (χ4v) is 3.17.